The van der Waals surface area contributed by atoms with Crippen LogP contribution in [0.15, 0.2) is 12.7 Å². The molecular weight excluding hydrogens is 586 g/mol. The number of nitrogens with one attached hydrogen (secondary N) is 4. The van der Waals surface area contributed by atoms with Crippen molar-refractivity contribution in [2.45, 2.75) is 130 Å². The molecule has 0 spiro atoms. The van der Waals surface area contributed by atoms with Crippen LogP contribution in [-0.2, 0) is 24.0 Å². The van der Waals surface area contributed by atoms with E-state index in [4.69, 9.17) is 0 Å². The lowest BCUT2D eigenvalue weighted by atomic mass is 9.83. The van der Waals surface area contributed by atoms with Crippen LogP contribution in [0.4, 0.5) is 4.79 Å². The van der Waals surface area contributed by atoms with E-state index in [9.17, 15) is 28.8 Å². The van der Waals surface area contributed by atoms with Crippen LogP contribution in [0, 0.1) is 29.1 Å². The van der Waals surface area contributed by atoms with Crippen LogP contribution in [0.1, 0.15) is 106 Å². The minimum atomic E-state index is -1.11. The fraction of sp³-hybridized carbons (Fsp3) is 0.771. The van der Waals surface area contributed by atoms with Crippen molar-refractivity contribution in [3.8, 4) is 0 Å². The molecule has 1 saturated heterocycles. The molecule has 3 fully saturated rings. The van der Waals surface area contributed by atoms with Gasteiger partial charge in [-0.3, -0.25) is 24.0 Å². The standard InChI is InChI=1S/C35H57N5O6/c1-9-10-16-25(29(42)31(44)36-18-17-23(41)19-21(2)3)37-30(43)28-26-24(35(26,7)8)20-40(28)32(45)27(22-14-12-11-13-15-22)38-33(46)39-34(4,5)6/h9,21-22,24-28H,1,10-20H2,2-8H3,(H,36,44)(H,37,43)(H2,38,39,46)/t24-,25-,26-,27-,28-/m0/s1. The summed E-state index contributed by atoms with van der Waals surface area (Å²) in [5.41, 5.74) is -0.661. The molecule has 5 amide bonds. The van der Waals surface area contributed by atoms with Crippen LogP contribution in [-0.4, -0.2) is 77.0 Å². The zero-order chi connectivity index (χ0) is 34.4. The van der Waals surface area contributed by atoms with Gasteiger partial charge >= 0.3 is 6.03 Å². The van der Waals surface area contributed by atoms with Crippen molar-refractivity contribution in [3.05, 3.63) is 12.7 Å². The van der Waals surface area contributed by atoms with E-state index in [-0.39, 0.29) is 60.2 Å². The predicted octanol–water partition coefficient (Wildman–Crippen LogP) is 3.66. The van der Waals surface area contributed by atoms with E-state index in [1.165, 1.54) is 0 Å². The maximum absolute atomic E-state index is 14.3. The number of nitrogens with zero attached hydrogens (tertiary/aromatic N) is 1. The molecule has 0 aromatic heterocycles. The molecule has 4 N–H and O–H groups in total. The Morgan fingerprint density at radius 2 is 1.65 bits per heavy atom. The van der Waals surface area contributed by atoms with Gasteiger partial charge in [0.05, 0.1) is 6.04 Å². The zero-order valence-corrected chi connectivity index (χ0v) is 29.0. The molecule has 11 nitrogen and oxygen atoms in total. The SMILES string of the molecule is C=CCC[C@H](NC(=O)[C@@H]1[C@@H]2[C@H](CN1C(=O)[C@@H](NC(=O)NC(C)(C)C)C1CCCCC1)C2(C)C)C(=O)C(=O)NCCC(=O)CC(C)C. The molecule has 1 heterocycles. The average Bonchev–Trinajstić information content (AvgIpc) is 3.27. The van der Waals surface area contributed by atoms with Crippen LogP contribution >= 0.6 is 0 Å². The van der Waals surface area contributed by atoms with Gasteiger partial charge in [-0.2, -0.15) is 0 Å². The van der Waals surface area contributed by atoms with Gasteiger partial charge in [0.25, 0.3) is 5.91 Å². The van der Waals surface area contributed by atoms with Crippen molar-refractivity contribution in [3.63, 3.8) is 0 Å². The summed E-state index contributed by atoms with van der Waals surface area (Å²) in [7, 11) is 0. The number of carbonyl (C=O) groups is 6. The smallest absolute Gasteiger partial charge is 0.315 e. The molecule has 11 heteroatoms. The van der Waals surface area contributed by atoms with E-state index in [0.29, 0.717) is 19.4 Å². The van der Waals surface area contributed by atoms with E-state index in [1.807, 2.05) is 34.6 Å². The third-order valence-electron chi connectivity index (χ3n) is 9.76. The summed E-state index contributed by atoms with van der Waals surface area (Å²) in [5, 5.41) is 11.2. The molecule has 1 aliphatic heterocycles. The van der Waals surface area contributed by atoms with E-state index >= 15 is 0 Å². The number of hydrogen-bond acceptors (Lipinski definition) is 6. The van der Waals surface area contributed by atoms with Crippen molar-refractivity contribution in [1.29, 1.82) is 0 Å². The number of amides is 5. The molecule has 3 aliphatic rings. The van der Waals surface area contributed by atoms with Gasteiger partial charge in [-0.25, -0.2) is 4.79 Å². The van der Waals surface area contributed by atoms with E-state index < -0.39 is 47.3 Å². The fourth-order valence-corrected chi connectivity index (χ4v) is 7.29. The Kier molecular flexibility index (Phi) is 12.6. The van der Waals surface area contributed by atoms with Gasteiger partial charge in [-0.05, 0) is 75.5 Å². The molecule has 0 aromatic rings. The quantitative estimate of drug-likeness (QED) is 0.158. The minimum absolute atomic E-state index is 0.00348. The number of carbonyl (C=O) groups excluding carboxylic acids is 6. The van der Waals surface area contributed by atoms with Gasteiger partial charge < -0.3 is 26.2 Å². The topological polar surface area (TPSA) is 154 Å². The molecule has 2 aliphatic carbocycles. The summed E-state index contributed by atoms with van der Waals surface area (Å²) in [6, 6.07) is -3.14. The second kappa shape index (κ2) is 15.6. The van der Waals surface area contributed by atoms with Crippen LogP contribution in [0.5, 0.6) is 0 Å². The van der Waals surface area contributed by atoms with Gasteiger partial charge in [-0.1, -0.05) is 53.0 Å². The Labute approximate surface area is 274 Å². The Bertz CT molecular complexity index is 1170. The monoisotopic (exact) mass is 643 g/mol. The maximum atomic E-state index is 14.3. The Morgan fingerprint density at radius 3 is 2.24 bits per heavy atom. The molecule has 46 heavy (non-hydrogen) atoms. The lowest BCUT2D eigenvalue weighted by Gasteiger charge is -2.37. The molecule has 2 saturated carbocycles. The highest BCUT2D eigenvalue weighted by Gasteiger charge is 2.69. The number of fused-ring (bicyclic) bond motifs is 1. The lowest BCUT2D eigenvalue weighted by Crippen LogP contribution is -2.61. The van der Waals surface area contributed by atoms with Crippen molar-refractivity contribution in [2.75, 3.05) is 13.1 Å². The molecule has 5 atom stereocenters. The Hall–Kier alpha value is -3.24. The number of urea groups is 1. The summed E-state index contributed by atoms with van der Waals surface area (Å²) in [6.45, 7) is 17.8. The minimum Gasteiger partial charge on any atom is -0.349 e. The number of Topliss-reactive ketones (excluding diaryl/α,β-unsaturated/α-hetero) is 2. The number of ketones is 2. The summed E-state index contributed by atoms with van der Waals surface area (Å²) >= 11 is 0. The first-order valence-corrected chi connectivity index (χ1v) is 17.1. The van der Waals surface area contributed by atoms with E-state index in [1.54, 1.807) is 11.0 Å². The van der Waals surface area contributed by atoms with Crippen molar-refractivity contribution in [2.24, 2.45) is 29.1 Å². The first-order valence-electron chi connectivity index (χ1n) is 17.1. The molecule has 0 aromatic carbocycles. The fourth-order valence-electron chi connectivity index (χ4n) is 7.29. The van der Waals surface area contributed by atoms with Crippen molar-refractivity contribution < 1.29 is 28.8 Å². The third-order valence-corrected chi connectivity index (χ3v) is 9.76. The van der Waals surface area contributed by atoms with Crippen molar-refractivity contribution >= 4 is 35.3 Å². The summed E-state index contributed by atoms with van der Waals surface area (Å²) in [6.07, 6.45) is 7.35. The maximum Gasteiger partial charge on any atom is 0.315 e. The lowest BCUT2D eigenvalue weighted by molar-refractivity contribution is -0.144. The number of likely N-dealkylation sites (tertiary alicyclic amines) is 1. The second-order valence-electron chi connectivity index (χ2n) is 15.5. The Morgan fingerprint density at radius 1 is 1.00 bits per heavy atom. The predicted molar refractivity (Wildman–Crippen MR) is 177 cm³/mol. The second-order valence-corrected chi connectivity index (χ2v) is 15.5. The molecule has 258 valence electrons. The highest BCUT2D eigenvalue weighted by Crippen LogP contribution is 2.65. The molecular formula is C35H57N5O6. The summed E-state index contributed by atoms with van der Waals surface area (Å²) in [4.78, 5) is 81.1. The third kappa shape index (κ3) is 9.64. The van der Waals surface area contributed by atoms with E-state index in [2.05, 4.69) is 41.7 Å². The van der Waals surface area contributed by atoms with Gasteiger partial charge in [0.1, 0.15) is 17.9 Å². The highest BCUT2D eigenvalue weighted by atomic mass is 16.2. The molecule has 0 radical (unpaired) electrons. The van der Waals surface area contributed by atoms with Gasteiger partial charge in [-0.15, -0.1) is 6.58 Å². The first kappa shape index (κ1) is 37.2. The largest absolute Gasteiger partial charge is 0.349 e. The van der Waals surface area contributed by atoms with Crippen LogP contribution < -0.4 is 21.3 Å². The number of piperidine rings is 1. The normalized spacial score (nSPS) is 23.5. The molecule has 3 rings (SSSR count). The average molecular weight is 644 g/mol. The number of rotatable bonds is 15. The Balaban J connectivity index is 1.78. The summed E-state index contributed by atoms with van der Waals surface area (Å²) in [5.74, 6) is -2.25. The molecule has 0 unspecified atom stereocenters. The number of allylic oxidation sites excluding steroid dienone is 1. The number of hydrogen-bond donors (Lipinski definition) is 4. The van der Waals surface area contributed by atoms with Crippen LogP contribution in [0.3, 0.4) is 0 Å². The van der Waals surface area contributed by atoms with Gasteiger partial charge in [0, 0.05) is 31.5 Å². The summed E-state index contributed by atoms with van der Waals surface area (Å²) < 4.78 is 0. The zero-order valence-electron chi connectivity index (χ0n) is 29.0. The van der Waals surface area contributed by atoms with Crippen LogP contribution in [0.25, 0.3) is 0 Å². The molecule has 0 bridgehead atoms. The van der Waals surface area contributed by atoms with Crippen LogP contribution in [0.2, 0.25) is 0 Å². The highest BCUT2D eigenvalue weighted by molar-refractivity contribution is 6.38. The van der Waals surface area contributed by atoms with Crippen molar-refractivity contribution in [1.82, 2.24) is 26.2 Å². The van der Waals surface area contributed by atoms with E-state index in [0.717, 1.165) is 32.1 Å². The van der Waals surface area contributed by atoms with Gasteiger partial charge in [0.15, 0.2) is 0 Å². The van der Waals surface area contributed by atoms with Gasteiger partial charge in [0.2, 0.25) is 17.6 Å². The first-order chi connectivity index (χ1) is 21.5.